The number of hydrogen-bond acceptors (Lipinski definition) is 3. The van der Waals surface area contributed by atoms with Crippen LogP contribution in [0.15, 0.2) is 18.2 Å². The zero-order chi connectivity index (χ0) is 15.0. The number of hydrogen-bond donors (Lipinski definition) is 1. The van der Waals surface area contributed by atoms with Crippen LogP contribution in [0.2, 0.25) is 0 Å². The number of piperidine rings is 1. The van der Waals surface area contributed by atoms with E-state index < -0.39 is 0 Å². The third-order valence-electron chi connectivity index (χ3n) is 5.90. The van der Waals surface area contributed by atoms with Crippen LogP contribution in [0.5, 0.6) is 5.75 Å². The van der Waals surface area contributed by atoms with Crippen molar-refractivity contribution in [3.05, 3.63) is 29.3 Å². The molecule has 1 fully saturated rings. The number of likely N-dealkylation sites (tertiary alicyclic amines) is 1. The molecule has 2 bridgehead atoms. The van der Waals surface area contributed by atoms with Crippen LogP contribution >= 0.6 is 0 Å². The molecule has 3 atom stereocenters. The van der Waals surface area contributed by atoms with Crippen molar-refractivity contribution in [2.75, 3.05) is 26.8 Å². The molecule has 0 aromatic heterocycles. The van der Waals surface area contributed by atoms with Crippen LogP contribution in [0.3, 0.4) is 0 Å². The number of methoxy groups -OCH3 is 1. The topological polar surface area (TPSA) is 32.7 Å². The molecule has 1 saturated heterocycles. The third-order valence-corrected chi connectivity index (χ3v) is 5.90. The van der Waals surface area contributed by atoms with Crippen LogP contribution in [0, 0.1) is 5.92 Å². The smallest absolute Gasteiger partial charge is 0.115 e. The molecule has 0 spiro atoms. The molecule has 3 heteroatoms. The van der Waals surface area contributed by atoms with Crippen molar-refractivity contribution in [3.63, 3.8) is 0 Å². The fraction of sp³-hybridized carbons (Fsp3) is 0.667. The van der Waals surface area contributed by atoms with Crippen molar-refractivity contribution in [1.29, 1.82) is 0 Å². The molecule has 1 aliphatic heterocycles. The predicted octanol–water partition coefficient (Wildman–Crippen LogP) is 2.95. The molecule has 3 rings (SSSR count). The van der Waals surface area contributed by atoms with Gasteiger partial charge in [0.15, 0.2) is 0 Å². The molecular weight excluding hydrogens is 262 g/mol. The van der Waals surface area contributed by atoms with Gasteiger partial charge in [-0.05, 0) is 60.4 Å². The first-order chi connectivity index (χ1) is 10.1. The van der Waals surface area contributed by atoms with Crippen LogP contribution in [-0.2, 0) is 16.6 Å². The third kappa shape index (κ3) is 2.47. The van der Waals surface area contributed by atoms with Gasteiger partial charge in [-0.3, -0.25) is 4.90 Å². The average Bonchev–Trinajstić information content (AvgIpc) is 2.46. The lowest BCUT2D eigenvalue weighted by molar-refractivity contribution is 0.0260. The second kappa shape index (κ2) is 5.62. The molecule has 1 aromatic carbocycles. The highest BCUT2D eigenvalue weighted by atomic mass is 16.5. The van der Waals surface area contributed by atoms with Gasteiger partial charge in [0.05, 0.1) is 0 Å². The summed E-state index contributed by atoms with van der Waals surface area (Å²) in [4.78, 5) is 2.65. The summed E-state index contributed by atoms with van der Waals surface area (Å²) in [5.41, 5.74) is 3.01. The molecule has 1 aromatic rings. The fourth-order valence-corrected chi connectivity index (χ4v) is 4.39. The van der Waals surface area contributed by atoms with Crippen molar-refractivity contribution in [1.82, 2.24) is 4.90 Å². The van der Waals surface area contributed by atoms with Crippen molar-refractivity contribution >= 4 is 0 Å². The molecule has 0 saturated carbocycles. The maximum Gasteiger partial charge on any atom is 0.115 e. The molecule has 0 amide bonds. The second-order valence-corrected chi connectivity index (χ2v) is 6.95. The number of phenolic OH excluding ortho intramolecular Hbond substituents is 1. The van der Waals surface area contributed by atoms with Gasteiger partial charge in [0.1, 0.15) is 5.75 Å². The standard InChI is InChI=1S/C18H27NO2/c1-13-17-11-14-5-6-15(20)12-16(14)18(13,2)7-9-19(17)8-4-10-21-3/h5-6,12-13,17,20H,4,7-11H2,1-3H3/t13-,17+,18-/m0/s1. The first kappa shape index (κ1) is 14.9. The lowest BCUT2D eigenvalue weighted by atomic mass is 9.59. The molecular formula is C18H27NO2. The van der Waals surface area contributed by atoms with Crippen LogP contribution in [0.4, 0.5) is 0 Å². The Balaban J connectivity index is 1.87. The van der Waals surface area contributed by atoms with Gasteiger partial charge in [0, 0.05) is 26.3 Å². The summed E-state index contributed by atoms with van der Waals surface area (Å²) in [6.07, 6.45) is 3.40. The van der Waals surface area contributed by atoms with E-state index in [0.29, 0.717) is 17.7 Å². The molecule has 1 aliphatic carbocycles. The first-order valence-electron chi connectivity index (χ1n) is 8.11. The van der Waals surface area contributed by atoms with Crippen LogP contribution < -0.4 is 0 Å². The van der Waals surface area contributed by atoms with Gasteiger partial charge in [-0.1, -0.05) is 19.9 Å². The van der Waals surface area contributed by atoms with Gasteiger partial charge < -0.3 is 9.84 Å². The number of fused-ring (bicyclic) bond motifs is 4. The number of ether oxygens (including phenoxy) is 1. The molecule has 2 aliphatic rings. The predicted molar refractivity (Wildman–Crippen MR) is 84.8 cm³/mol. The van der Waals surface area contributed by atoms with E-state index in [1.165, 1.54) is 17.5 Å². The zero-order valence-corrected chi connectivity index (χ0v) is 13.4. The summed E-state index contributed by atoms with van der Waals surface area (Å²) in [5, 5.41) is 9.86. The Morgan fingerprint density at radius 2 is 2.24 bits per heavy atom. The van der Waals surface area contributed by atoms with Crippen LogP contribution in [0.25, 0.3) is 0 Å². The second-order valence-electron chi connectivity index (χ2n) is 6.95. The highest BCUT2D eigenvalue weighted by Gasteiger charge is 2.48. The van der Waals surface area contributed by atoms with Gasteiger partial charge in [0.25, 0.3) is 0 Å². The van der Waals surface area contributed by atoms with Crippen LogP contribution in [-0.4, -0.2) is 42.9 Å². The van der Waals surface area contributed by atoms with Gasteiger partial charge in [-0.2, -0.15) is 0 Å². The zero-order valence-electron chi connectivity index (χ0n) is 13.4. The average molecular weight is 289 g/mol. The SMILES string of the molecule is COCCCN1CC[C@]2(C)c3cc(O)ccc3C[C@@H]1[C@@H]2C. The Bertz CT molecular complexity index is 516. The Kier molecular flexibility index (Phi) is 3.98. The fourth-order valence-electron chi connectivity index (χ4n) is 4.39. The van der Waals surface area contributed by atoms with E-state index in [0.717, 1.165) is 32.5 Å². The Labute approximate surface area is 127 Å². The van der Waals surface area contributed by atoms with E-state index in [4.69, 9.17) is 4.74 Å². The highest BCUT2D eigenvalue weighted by Crippen LogP contribution is 2.49. The number of phenols is 1. The van der Waals surface area contributed by atoms with Gasteiger partial charge >= 0.3 is 0 Å². The molecule has 0 unspecified atom stereocenters. The maximum absolute atomic E-state index is 9.86. The molecule has 0 radical (unpaired) electrons. The number of benzene rings is 1. The maximum atomic E-state index is 9.86. The van der Waals surface area contributed by atoms with E-state index >= 15 is 0 Å². The molecule has 116 valence electrons. The van der Waals surface area contributed by atoms with E-state index in [-0.39, 0.29) is 5.41 Å². The normalized spacial score (nSPS) is 32.0. The van der Waals surface area contributed by atoms with Crippen LogP contribution in [0.1, 0.15) is 37.8 Å². The number of nitrogens with zero attached hydrogens (tertiary/aromatic N) is 1. The van der Waals surface area contributed by atoms with E-state index in [1.54, 1.807) is 7.11 Å². The summed E-state index contributed by atoms with van der Waals surface area (Å²) in [6.45, 7) is 7.91. The summed E-state index contributed by atoms with van der Waals surface area (Å²) < 4.78 is 5.20. The molecule has 3 nitrogen and oxygen atoms in total. The summed E-state index contributed by atoms with van der Waals surface area (Å²) in [5.74, 6) is 1.03. The summed E-state index contributed by atoms with van der Waals surface area (Å²) in [6, 6.07) is 6.59. The lowest BCUT2D eigenvalue weighted by Gasteiger charge is -2.54. The monoisotopic (exact) mass is 289 g/mol. The lowest BCUT2D eigenvalue weighted by Crippen LogP contribution is -2.58. The van der Waals surface area contributed by atoms with E-state index in [9.17, 15) is 5.11 Å². The summed E-state index contributed by atoms with van der Waals surface area (Å²) in [7, 11) is 1.78. The van der Waals surface area contributed by atoms with Gasteiger partial charge in [-0.15, -0.1) is 0 Å². The van der Waals surface area contributed by atoms with Gasteiger partial charge in [0.2, 0.25) is 0 Å². The molecule has 1 N–H and O–H groups in total. The molecule has 1 heterocycles. The number of rotatable bonds is 4. The quantitative estimate of drug-likeness (QED) is 0.865. The minimum atomic E-state index is 0.203. The largest absolute Gasteiger partial charge is 0.508 e. The van der Waals surface area contributed by atoms with Crippen molar-refractivity contribution < 1.29 is 9.84 Å². The van der Waals surface area contributed by atoms with Crippen molar-refractivity contribution in [2.45, 2.75) is 44.6 Å². The Hall–Kier alpha value is -1.06. The highest BCUT2D eigenvalue weighted by molar-refractivity contribution is 5.44. The number of aromatic hydroxyl groups is 1. The molecule has 21 heavy (non-hydrogen) atoms. The first-order valence-corrected chi connectivity index (χ1v) is 8.11. The Morgan fingerprint density at radius 3 is 3.00 bits per heavy atom. The minimum absolute atomic E-state index is 0.203. The van der Waals surface area contributed by atoms with E-state index in [1.807, 2.05) is 12.1 Å². The van der Waals surface area contributed by atoms with E-state index in [2.05, 4.69) is 24.8 Å². The van der Waals surface area contributed by atoms with Gasteiger partial charge in [-0.25, -0.2) is 0 Å². The Morgan fingerprint density at radius 1 is 1.43 bits per heavy atom. The summed E-state index contributed by atoms with van der Waals surface area (Å²) >= 11 is 0. The van der Waals surface area contributed by atoms with Crippen molar-refractivity contribution in [2.24, 2.45) is 5.92 Å². The minimum Gasteiger partial charge on any atom is -0.508 e. The van der Waals surface area contributed by atoms with Crippen molar-refractivity contribution in [3.8, 4) is 5.75 Å².